The van der Waals surface area contributed by atoms with E-state index < -0.39 is 0 Å². The van der Waals surface area contributed by atoms with Crippen LogP contribution in [0.15, 0.2) is 85.1 Å². The average molecular weight is 431 g/mol. The number of para-hydroxylation sites is 1. The van der Waals surface area contributed by atoms with E-state index >= 15 is 0 Å². The molecule has 5 nitrogen and oxygen atoms in total. The van der Waals surface area contributed by atoms with Crippen molar-refractivity contribution in [1.82, 2.24) is 14.5 Å². The fourth-order valence-corrected chi connectivity index (χ4v) is 4.59. The number of hydrogen-bond acceptors (Lipinski definition) is 4. The summed E-state index contributed by atoms with van der Waals surface area (Å²) in [5.41, 5.74) is 4.73. The Bertz CT molecular complexity index is 1670. The minimum atomic E-state index is 0.150. The molecule has 5 heteroatoms. The van der Waals surface area contributed by atoms with Crippen LogP contribution in [-0.4, -0.2) is 19.6 Å². The lowest BCUT2D eigenvalue weighted by Gasteiger charge is -2.11. The monoisotopic (exact) mass is 431 g/mol. The van der Waals surface area contributed by atoms with E-state index in [9.17, 15) is 5.11 Å². The smallest absolute Gasteiger partial charge is 0.219 e. The minimum Gasteiger partial charge on any atom is -0.506 e. The second-order valence-corrected chi connectivity index (χ2v) is 8.28. The summed E-state index contributed by atoms with van der Waals surface area (Å²) in [4.78, 5) is 9.15. The van der Waals surface area contributed by atoms with Crippen LogP contribution in [0.25, 0.3) is 38.5 Å². The van der Waals surface area contributed by atoms with E-state index in [1.165, 1.54) is 10.8 Å². The highest BCUT2D eigenvalue weighted by molar-refractivity contribution is 6.11. The van der Waals surface area contributed by atoms with Gasteiger partial charge in [0, 0.05) is 34.5 Å². The van der Waals surface area contributed by atoms with E-state index in [0.717, 1.165) is 33.4 Å². The normalized spacial score (nSPS) is 11.5. The molecule has 0 atom stereocenters. The summed E-state index contributed by atoms with van der Waals surface area (Å²) in [5, 5.41) is 13.6. The first-order valence-corrected chi connectivity index (χ1v) is 10.8. The summed E-state index contributed by atoms with van der Waals surface area (Å²) in [6.45, 7) is 4.04. The summed E-state index contributed by atoms with van der Waals surface area (Å²) in [6, 6.07) is 25.8. The summed E-state index contributed by atoms with van der Waals surface area (Å²) in [5.74, 6) is 2.11. The van der Waals surface area contributed by atoms with E-state index in [-0.39, 0.29) is 5.75 Å². The summed E-state index contributed by atoms with van der Waals surface area (Å²) >= 11 is 0. The number of ether oxygens (including phenoxy) is 1. The van der Waals surface area contributed by atoms with Gasteiger partial charge in [0.1, 0.15) is 22.8 Å². The number of rotatable bonds is 3. The van der Waals surface area contributed by atoms with Gasteiger partial charge in [-0.2, -0.15) is 0 Å². The number of aromatic nitrogens is 3. The lowest BCUT2D eigenvalue weighted by Crippen LogP contribution is -1.97. The number of aryl methyl sites for hydroxylation is 2. The maximum absolute atomic E-state index is 10.3. The number of phenolic OH excluding ortho intramolecular Hbond substituents is 1. The molecule has 33 heavy (non-hydrogen) atoms. The number of benzene rings is 3. The Balaban J connectivity index is 1.54. The van der Waals surface area contributed by atoms with Crippen molar-refractivity contribution in [2.45, 2.75) is 13.8 Å². The molecule has 3 aromatic carbocycles. The van der Waals surface area contributed by atoms with Gasteiger partial charge >= 0.3 is 0 Å². The predicted octanol–water partition coefficient (Wildman–Crippen LogP) is 6.84. The molecule has 0 radical (unpaired) electrons. The van der Waals surface area contributed by atoms with Crippen molar-refractivity contribution in [2.24, 2.45) is 0 Å². The Hall–Kier alpha value is -4.38. The summed E-state index contributed by atoms with van der Waals surface area (Å²) < 4.78 is 8.35. The van der Waals surface area contributed by atoms with Gasteiger partial charge in [-0.25, -0.2) is 9.97 Å². The Morgan fingerprint density at radius 3 is 2.55 bits per heavy atom. The van der Waals surface area contributed by atoms with Crippen molar-refractivity contribution >= 4 is 32.7 Å². The van der Waals surface area contributed by atoms with E-state index in [0.29, 0.717) is 17.1 Å². The van der Waals surface area contributed by atoms with Crippen LogP contribution in [-0.2, 0) is 0 Å². The number of fused-ring (bicyclic) bond motifs is 4. The fraction of sp³-hybridized carbons (Fsp3) is 0.0714. The first kappa shape index (κ1) is 19.3. The topological polar surface area (TPSA) is 60.2 Å². The number of nitrogens with zero attached hydrogens (tertiary/aromatic N) is 3. The first-order chi connectivity index (χ1) is 16.1. The fourth-order valence-electron chi connectivity index (χ4n) is 4.59. The zero-order valence-corrected chi connectivity index (χ0v) is 18.3. The molecule has 0 fully saturated rings. The third-order valence-corrected chi connectivity index (χ3v) is 5.94. The van der Waals surface area contributed by atoms with Gasteiger partial charge in [-0.15, -0.1) is 0 Å². The molecule has 0 bridgehead atoms. The molecule has 1 N–H and O–H groups in total. The lowest BCUT2D eigenvalue weighted by molar-refractivity contribution is 0.460. The molecule has 3 heterocycles. The largest absolute Gasteiger partial charge is 0.506 e. The zero-order valence-electron chi connectivity index (χ0n) is 18.3. The minimum absolute atomic E-state index is 0.150. The van der Waals surface area contributed by atoms with Crippen molar-refractivity contribution < 1.29 is 9.84 Å². The van der Waals surface area contributed by atoms with Crippen LogP contribution < -0.4 is 4.74 Å². The molecule has 0 unspecified atom stereocenters. The van der Waals surface area contributed by atoms with Crippen molar-refractivity contribution in [3.05, 3.63) is 96.2 Å². The van der Waals surface area contributed by atoms with E-state index in [2.05, 4.69) is 39.7 Å². The van der Waals surface area contributed by atoms with Gasteiger partial charge in [0.05, 0.1) is 11.0 Å². The molecular formula is C28H21N3O2. The third-order valence-electron chi connectivity index (χ3n) is 5.94. The van der Waals surface area contributed by atoms with Crippen LogP contribution >= 0.6 is 0 Å². The van der Waals surface area contributed by atoms with Crippen LogP contribution in [0.2, 0.25) is 0 Å². The van der Waals surface area contributed by atoms with E-state index in [1.54, 1.807) is 12.3 Å². The highest BCUT2D eigenvalue weighted by Crippen LogP contribution is 2.37. The van der Waals surface area contributed by atoms with Crippen molar-refractivity contribution in [3.8, 4) is 23.2 Å². The van der Waals surface area contributed by atoms with Crippen molar-refractivity contribution in [3.63, 3.8) is 0 Å². The molecule has 6 aromatic rings. The maximum atomic E-state index is 10.3. The molecule has 3 aromatic heterocycles. The SMILES string of the molecule is Cc1cc(O)c2nc(Oc3cc(C)c4c5ccccc5n(-c5ccccn5)c4c3)ccc2c1. The highest BCUT2D eigenvalue weighted by atomic mass is 16.5. The van der Waals surface area contributed by atoms with Gasteiger partial charge in [0.15, 0.2) is 0 Å². The van der Waals surface area contributed by atoms with E-state index in [1.807, 2.05) is 61.5 Å². The molecule has 0 spiro atoms. The van der Waals surface area contributed by atoms with E-state index in [4.69, 9.17) is 4.74 Å². The quantitative estimate of drug-likeness (QED) is 0.333. The Morgan fingerprint density at radius 2 is 1.70 bits per heavy atom. The van der Waals surface area contributed by atoms with Crippen molar-refractivity contribution in [2.75, 3.05) is 0 Å². The molecule has 0 saturated heterocycles. The molecule has 160 valence electrons. The molecule has 0 aliphatic heterocycles. The van der Waals surface area contributed by atoms with Gasteiger partial charge < -0.3 is 9.84 Å². The Morgan fingerprint density at radius 1 is 0.848 bits per heavy atom. The maximum Gasteiger partial charge on any atom is 0.219 e. The van der Waals surface area contributed by atoms with Gasteiger partial charge in [0.2, 0.25) is 5.88 Å². The lowest BCUT2D eigenvalue weighted by atomic mass is 10.1. The zero-order chi connectivity index (χ0) is 22.5. The first-order valence-electron chi connectivity index (χ1n) is 10.8. The highest BCUT2D eigenvalue weighted by Gasteiger charge is 2.16. The van der Waals surface area contributed by atoms with Gasteiger partial charge in [-0.05, 0) is 67.4 Å². The van der Waals surface area contributed by atoms with Gasteiger partial charge in [-0.3, -0.25) is 4.57 Å². The predicted molar refractivity (Wildman–Crippen MR) is 132 cm³/mol. The average Bonchev–Trinajstić information content (AvgIpc) is 3.14. The summed E-state index contributed by atoms with van der Waals surface area (Å²) in [6.07, 6.45) is 1.80. The number of hydrogen-bond donors (Lipinski definition) is 1. The third kappa shape index (κ3) is 3.17. The van der Waals surface area contributed by atoms with Crippen LogP contribution in [0, 0.1) is 13.8 Å². The Labute approximate surface area is 190 Å². The molecular weight excluding hydrogens is 410 g/mol. The summed E-state index contributed by atoms with van der Waals surface area (Å²) in [7, 11) is 0. The standard InChI is InChI=1S/C28H21N3O2/c1-17-13-19-10-11-26(30-28(19)24(32)14-17)33-20-15-18(2)27-21-7-3-4-8-22(21)31(23(27)16-20)25-9-5-6-12-29-25/h3-16,32H,1-2H3. The number of phenols is 1. The Kier molecular flexibility index (Phi) is 4.30. The molecule has 6 rings (SSSR count). The molecule has 0 amide bonds. The molecule has 0 aliphatic rings. The van der Waals surface area contributed by atoms with Crippen LogP contribution in [0.3, 0.4) is 0 Å². The van der Waals surface area contributed by atoms with Gasteiger partial charge in [0.25, 0.3) is 0 Å². The second kappa shape index (κ2) is 7.35. The molecule has 0 saturated carbocycles. The van der Waals surface area contributed by atoms with Crippen LogP contribution in [0.1, 0.15) is 11.1 Å². The van der Waals surface area contributed by atoms with Gasteiger partial charge in [-0.1, -0.05) is 24.3 Å². The van der Waals surface area contributed by atoms with Crippen LogP contribution in [0.5, 0.6) is 17.4 Å². The number of aromatic hydroxyl groups is 1. The second-order valence-electron chi connectivity index (χ2n) is 8.28. The van der Waals surface area contributed by atoms with Crippen molar-refractivity contribution in [1.29, 1.82) is 0 Å². The molecule has 0 aliphatic carbocycles. The number of pyridine rings is 2. The van der Waals surface area contributed by atoms with Crippen LogP contribution in [0.4, 0.5) is 0 Å².